The maximum Gasteiger partial charge on any atom is 0.195 e. The van der Waals surface area contributed by atoms with E-state index in [1.165, 1.54) is 24.1 Å². The van der Waals surface area contributed by atoms with Crippen LogP contribution in [0, 0.1) is 5.92 Å². The molecule has 1 aromatic carbocycles. The number of rotatable bonds is 6. The molecular weight excluding hydrogens is 458 g/mol. The molecule has 0 spiro atoms. The van der Waals surface area contributed by atoms with Crippen LogP contribution in [-0.4, -0.2) is 72.6 Å². The van der Waals surface area contributed by atoms with Gasteiger partial charge in [0.2, 0.25) is 0 Å². The van der Waals surface area contributed by atoms with Gasteiger partial charge in [-0.2, -0.15) is 0 Å². The number of nitrogens with zero attached hydrogens (tertiary/aromatic N) is 4. The fourth-order valence-corrected chi connectivity index (χ4v) is 5.10. The number of allylic oxidation sites excluding steroid dienone is 2. The van der Waals surface area contributed by atoms with Gasteiger partial charge in [-0.15, -0.1) is 5.12 Å². The van der Waals surface area contributed by atoms with Gasteiger partial charge in [-0.1, -0.05) is 6.08 Å². The molecule has 3 aliphatic heterocycles. The number of piperidine rings is 1. The number of fused-ring (bicyclic) bond motifs is 1. The summed E-state index contributed by atoms with van der Waals surface area (Å²) in [5, 5.41) is 14.2. The zero-order valence-electron chi connectivity index (χ0n) is 18.3. The average Bonchev–Trinajstić information content (AvgIpc) is 3.51. The molecule has 7 nitrogen and oxygen atoms in total. The molecule has 2 N–H and O–H groups in total. The van der Waals surface area contributed by atoms with Gasteiger partial charge in [0, 0.05) is 52.0 Å². The van der Waals surface area contributed by atoms with Crippen molar-refractivity contribution in [2.75, 3.05) is 50.7 Å². The van der Waals surface area contributed by atoms with Crippen LogP contribution >= 0.6 is 15.9 Å². The summed E-state index contributed by atoms with van der Waals surface area (Å²) in [5.41, 5.74) is 6.96. The molecule has 3 heterocycles. The number of halogens is 1. The maximum absolute atomic E-state index is 9.81. The summed E-state index contributed by atoms with van der Waals surface area (Å²) in [7, 11) is 4.12. The summed E-state index contributed by atoms with van der Waals surface area (Å²) in [6.45, 7) is 3.75. The predicted molar refractivity (Wildman–Crippen MR) is 127 cm³/mol. The van der Waals surface area contributed by atoms with Gasteiger partial charge < -0.3 is 14.7 Å². The highest BCUT2D eigenvalue weighted by molar-refractivity contribution is 9.10. The molecule has 1 saturated carbocycles. The number of hydrogen-bond acceptors (Lipinski definition) is 7. The molecule has 1 unspecified atom stereocenters. The van der Waals surface area contributed by atoms with Crippen LogP contribution in [0.15, 0.2) is 40.5 Å². The SMILES string of the molecule is CN1C=CC=C(CN2CCC(O)CC2)C1Oc1ccc2c(c1Br)NN(C)N2CC1CC1. The molecule has 8 heteroatoms. The Hall–Kier alpha value is -1.74. The van der Waals surface area contributed by atoms with Gasteiger partial charge >= 0.3 is 0 Å². The van der Waals surface area contributed by atoms with Crippen LogP contribution in [0.5, 0.6) is 5.75 Å². The summed E-state index contributed by atoms with van der Waals surface area (Å²) < 4.78 is 7.53. The Morgan fingerprint density at radius 2 is 1.94 bits per heavy atom. The topological polar surface area (TPSA) is 54.5 Å². The number of hydrogen-bond donors (Lipinski definition) is 2. The molecular formula is C23H32BrN5O2. The van der Waals surface area contributed by atoms with Crippen LogP contribution in [0.25, 0.3) is 0 Å². The Morgan fingerprint density at radius 3 is 2.68 bits per heavy atom. The van der Waals surface area contributed by atoms with Crippen LogP contribution in [0.1, 0.15) is 25.7 Å². The Kier molecular flexibility index (Phi) is 5.90. The van der Waals surface area contributed by atoms with E-state index in [0.29, 0.717) is 0 Å². The van der Waals surface area contributed by atoms with E-state index in [1.807, 2.05) is 0 Å². The number of aliphatic hydroxyl groups excluding tert-OH is 1. The second kappa shape index (κ2) is 8.65. The largest absolute Gasteiger partial charge is 0.465 e. The Balaban J connectivity index is 1.33. The lowest BCUT2D eigenvalue weighted by molar-refractivity contribution is 0.0716. The van der Waals surface area contributed by atoms with Crippen molar-refractivity contribution in [3.63, 3.8) is 0 Å². The highest BCUT2D eigenvalue weighted by Crippen LogP contribution is 2.46. The minimum atomic E-state index is -0.159. The number of likely N-dealkylation sites (N-methyl/N-ethyl adjacent to an activating group) is 1. The molecule has 0 aromatic heterocycles. The van der Waals surface area contributed by atoms with Gasteiger partial charge in [0.25, 0.3) is 0 Å². The smallest absolute Gasteiger partial charge is 0.195 e. The van der Waals surface area contributed by atoms with Gasteiger partial charge in [0.1, 0.15) is 5.75 Å². The lowest BCUT2D eigenvalue weighted by Gasteiger charge is -2.36. The summed E-state index contributed by atoms with van der Waals surface area (Å²) in [6.07, 6.45) is 10.3. The van der Waals surface area contributed by atoms with Crippen molar-refractivity contribution >= 4 is 27.3 Å². The van der Waals surface area contributed by atoms with E-state index in [9.17, 15) is 5.11 Å². The minimum Gasteiger partial charge on any atom is -0.465 e. The second-order valence-corrected chi connectivity index (χ2v) is 9.95. The number of likely N-dealkylation sites (tertiary alicyclic amines) is 1. The molecule has 5 rings (SSSR count). The van der Waals surface area contributed by atoms with E-state index in [4.69, 9.17) is 4.74 Å². The number of benzene rings is 1. The van der Waals surface area contributed by atoms with Crippen molar-refractivity contribution in [2.45, 2.75) is 38.0 Å². The normalized spacial score (nSPS) is 24.9. The van der Waals surface area contributed by atoms with Gasteiger partial charge in [-0.05, 0) is 65.7 Å². The van der Waals surface area contributed by atoms with E-state index in [0.717, 1.165) is 60.8 Å². The van der Waals surface area contributed by atoms with E-state index in [1.54, 1.807) is 0 Å². The maximum atomic E-state index is 9.81. The van der Waals surface area contributed by atoms with E-state index < -0.39 is 0 Å². The minimum absolute atomic E-state index is 0.154. The monoisotopic (exact) mass is 489 g/mol. The van der Waals surface area contributed by atoms with Crippen molar-refractivity contribution in [3.05, 3.63) is 40.5 Å². The summed E-state index contributed by atoms with van der Waals surface area (Å²) in [6, 6.07) is 4.23. The van der Waals surface area contributed by atoms with Gasteiger partial charge in [0.05, 0.1) is 22.0 Å². The van der Waals surface area contributed by atoms with Crippen molar-refractivity contribution in [3.8, 4) is 5.75 Å². The summed E-state index contributed by atoms with van der Waals surface area (Å²) >= 11 is 3.81. The molecule has 1 saturated heterocycles. The predicted octanol–water partition coefficient (Wildman–Crippen LogP) is 3.40. The zero-order valence-corrected chi connectivity index (χ0v) is 19.9. The van der Waals surface area contributed by atoms with Crippen molar-refractivity contribution in [1.82, 2.24) is 14.9 Å². The third-order valence-electron chi connectivity index (χ3n) is 6.65. The fourth-order valence-electron chi connectivity index (χ4n) is 4.58. The average molecular weight is 490 g/mol. The van der Waals surface area contributed by atoms with Crippen molar-refractivity contribution in [1.29, 1.82) is 0 Å². The molecule has 0 amide bonds. The number of ether oxygens (including phenoxy) is 1. The third kappa shape index (κ3) is 4.44. The number of aliphatic hydroxyl groups is 1. The van der Waals surface area contributed by atoms with Gasteiger partial charge in [0.15, 0.2) is 6.23 Å². The van der Waals surface area contributed by atoms with Gasteiger partial charge in [-0.25, -0.2) is 0 Å². The molecule has 31 heavy (non-hydrogen) atoms. The number of nitrogens with one attached hydrogen (secondary N) is 1. The van der Waals surface area contributed by atoms with Crippen LogP contribution in [0.3, 0.4) is 0 Å². The first-order chi connectivity index (χ1) is 15.0. The molecule has 1 aliphatic carbocycles. The van der Waals surface area contributed by atoms with Crippen LogP contribution < -0.4 is 15.2 Å². The summed E-state index contributed by atoms with van der Waals surface area (Å²) in [5.74, 6) is 1.64. The molecule has 1 aromatic rings. The molecule has 2 fully saturated rings. The van der Waals surface area contributed by atoms with E-state index in [-0.39, 0.29) is 12.3 Å². The Morgan fingerprint density at radius 1 is 1.16 bits per heavy atom. The zero-order chi connectivity index (χ0) is 21.5. The Bertz CT molecular complexity index is 879. The van der Waals surface area contributed by atoms with E-state index >= 15 is 0 Å². The fraction of sp³-hybridized carbons (Fsp3) is 0.565. The first kappa shape index (κ1) is 21.1. The second-order valence-electron chi connectivity index (χ2n) is 9.16. The van der Waals surface area contributed by atoms with E-state index in [2.05, 4.69) is 85.9 Å². The summed E-state index contributed by atoms with van der Waals surface area (Å²) in [4.78, 5) is 4.53. The molecule has 0 bridgehead atoms. The van der Waals surface area contributed by atoms with Crippen LogP contribution in [0.4, 0.5) is 11.4 Å². The standard InChI is InChI=1S/C23H32BrN5O2/c1-26-11-3-4-17(15-28-12-9-18(30)10-13-28)23(26)31-20-8-7-19-22(21(20)24)25-27(2)29(19)14-16-5-6-16/h3-4,7-8,11,16,18,23,25,30H,5-6,9-10,12-15H2,1-2H3. The number of anilines is 2. The lowest BCUT2D eigenvalue weighted by atomic mass is 10.1. The first-order valence-corrected chi connectivity index (χ1v) is 12.1. The third-order valence-corrected chi connectivity index (χ3v) is 7.43. The molecule has 0 radical (unpaired) electrons. The van der Waals surface area contributed by atoms with Gasteiger partial charge in [-0.3, -0.25) is 15.3 Å². The highest BCUT2D eigenvalue weighted by Gasteiger charge is 2.33. The van der Waals surface area contributed by atoms with Crippen molar-refractivity contribution in [2.24, 2.45) is 5.92 Å². The quantitative estimate of drug-likeness (QED) is 0.634. The lowest BCUT2D eigenvalue weighted by Crippen LogP contribution is -2.43. The highest BCUT2D eigenvalue weighted by atomic mass is 79.9. The first-order valence-electron chi connectivity index (χ1n) is 11.3. The molecule has 4 aliphatic rings. The van der Waals surface area contributed by atoms with Crippen LogP contribution in [0.2, 0.25) is 0 Å². The Labute approximate surface area is 193 Å². The molecule has 1 atom stereocenters. The van der Waals surface area contributed by atoms with Crippen LogP contribution in [-0.2, 0) is 0 Å². The molecule has 168 valence electrons. The van der Waals surface area contributed by atoms with Crippen molar-refractivity contribution < 1.29 is 9.84 Å². The number of hydrazine groups is 2.